The number of aromatic nitrogens is 3. The van der Waals surface area contributed by atoms with Crippen molar-refractivity contribution in [2.24, 2.45) is 10.1 Å². The van der Waals surface area contributed by atoms with Crippen LogP contribution in [0, 0.1) is 13.8 Å². The Labute approximate surface area is 236 Å². The number of pyridine rings is 1. The van der Waals surface area contributed by atoms with Gasteiger partial charge >= 0.3 is 6.36 Å². The number of aliphatic imine (C=N–C) groups is 1. The summed E-state index contributed by atoms with van der Waals surface area (Å²) in [5.41, 5.74) is 6.14. The first-order chi connectivity index (χ1) is 19.7. The highest BCUT2D eigenvalue weighted by molar-refractivity contribution is 8.15. The van der Waals surface area contributed by atoms with Crippen LogP contribution in [-0.4, -0.2) is 48.9 Å². The molecule has 1 saturated heterocycles. The van der Waals surface area contributed by atoms with Crippen molar-refractivity contribution in [1.29, 1.82) is 0 Å². The quantitative estimate of drug-likeness (QED) is 0.219. The first-order valence-electron chi connectivity index (χ1n) is 12.4. The number of imidazole rings is 1. The molecule has 0 saturated carbocycles. The van der Waals surface area contributed by atoms with Crippen LogP contribution in [-0.2, 0) is 4.79 Å². The van der Waals surface area contributed by atoms with Crippen molar-refractivity contribution in [3.05, 3.63) is 89.9 Å². The van der Waals surface area contributed by atoms with Crippen molar-refractivity contribution in [2.75, 3.05) is 5.75 Å². The van der Waals surface area contributed by atoms with Crippen LogP contribution in [0.25, 0.3) is 27.6 Å². The summed E-state index contributed by atoms with van der Waals surface area (Å²) in [5, 5.41) is 7.00. The molecule has 6 rings (SSSR count). The number of thioether (sulfide) groups is 1. The van der Waals surface area contributed by atoms with Gasteiger partial charge in [-0.15, -0.1) is 13.2 Å². The van der Waals surface area contributed by atoms with Gasteiger partial charge in [0.05, 0.1) is 39.9 Å². The van der Waals surface area contributed by atoms with E-state index in [0.29, 0.717) is 27.6 Å². The fourth-order valence-electron chi connectivity index (χ4n) is 4.53. The summed E-state index contributed by atoms with van der Waals surface area (Å²) in [6.07, 6.45) is -1.62. The number of aryl methyl sites for hydroxylation is 2. The number of hydrogen-bond donors (Lipinski definition) is 0. The Morgan fingerprint density at radius 1 is 1.00 bits per heavy atom. The topological polar surface area (TPSA) is 85.0 Å². The molecule has 41 heavy (non-hydrogen) atoms. The van der Waals surface area contributed by atoms with E-state index in [-0.39, 0.29) is 17.4 Å². The molecule has 0 aliphatic carbocycles. The van der Waals surface area contributed by atoms with E-state index < -0.39 is 6.36 Å². The highest BCUT2D eigenvalue weighted by atomic mass is 32.2. The Bertz CT molecular complexity index is 1840. The number of carbonyl (C=O) groups excluding carboxylic acids is 1. The molecule has 1 aliphatic rings. The number of para-hydroxylation sites is 1. The van der Waals surface area contributed by atoms with Gasteiger partial charge in [-0.25, -0.2) is 15.0 Å². The predicted molar refractivity (Wildman–Crippen MR) is 153 cm³/mol. The number of fused-ring (bicyclic) bond motifs is 3. The Morgan fingerprint density at radius 3 is 2.49 bits per heavy atom. The number of amidine groups is 1. The average molecular weight is 575 g/mol. The van der Waals surface area contributed by atoms with Gasteiger partial charge in [0.25, 0.3) is 5.91 Å². The van der Waals surface area contributed by atoms with Gasteiger partial charge in [-0.3, -0.25) is 9.36 Å². The number of amides is 1. The summed E-state index contributed by atoms with van der Waals surface area (Å²) in [7, 11) is 0. The lowest BCUT2D eigenvalue weighted by atomic mass is 10.1. The van der Waals surface area contributed by atoms with E-state index in [0.717, 1.165) is 27.7 Å². The zero-order valence-corrected chi connectivity index (χ0v) is 22.6. The van der Waals surface area contributed by atoms with E-state index >= 15 is 0 Å². The van der Waals surface area contributed by atoms with Gasteiger partial charge in [-0.2, -0.15) is 10.1 Å². The zero-order valence-electron chi connectivity index (χ0n) is 21.8. The van der Waals surface area contributed by atoms with Crippen LogP contribution < -0.4 is 4.74 Å². The highest BCUT2D eigenvalue weighted by Crippen LogP contribution is 2.30. The van der Waals surface area contributed by atoms with Crippen molar-refractivity contribution in [3.8, 4) is 11.4 Å². The molecule has 0 bridgehead atoms. The fourth-order valence-corrected chi connectivity index (χ4v) is 5.33. The van der Waals surface area contributed by atoms with E-state index in [1.165, 1.54) is 47.3 Å². The molecule has 1 aliphatic heterocycles. The van der Waals surface area contributed by atoms with Crippen LogP contribution in [0.3, 0.4) is 0 Å². The van der Waals surface area contributed by atoms with Crippen molar-refractivity contribution >= 4 is 56.7 Å². The monoisotopic (exact) mass is 574 g/mol. The maximum Gasteiger partial charge on any atom is 0.573 e. The lowest BCUT2D eigenvalue weighted by Gasteiger charge is -2.11. The largest absolute Gasteiger partial charge is 0.573 e. The molecule has 1 fully saturated rings. The lowest BCUT2D eigenvalue weighted by molar-refractivity contribution is -0.274. The van der Waals surface area contributed by atoms with E-state index in [9.17, 15) is 18.0 Å². The van der Waals surface area contributed by atoms with Gasteiger partial charge in [0, 0.05) is 11.1 Å². The molecule has 0 unspecified atom stereocenters. The summed E-state index contributed by atoms with van der Waals surface area (Å²) in [6.45, 7) is 3.95. The molecule has 2 aromatic heterocycles. The minimum Gasteiger partial charge on any atom is -0.406 e. The zero-order chi connectivity index (χ0) is 28.7. The number of alkyl halides is 3. The Morgan fingerprint density at radius 2 is 1.76 bits per heavy atom. The Hall–Kier alpha value is -4.71. The molecular weight excluding hydrogens is 553 g/mol. The van der Waals surface area contributed by atoms with Gasteiger partial charge in [0.1, 0.15) is 12.1 Å². The van der Waals surface area contributed by atoms with Gasteiger partial charge in [-0.1, -0.05) is 30.0 Å². The molecule has 0 atom stereocenters. The summed E-state index contributed by atoms with van der Waals surface area (Å²) >= 11 is 1.34. The molecule has 8 nitrogen and oxygen atoms in total. The molecule has 1 amide bonds. The summed E-state index contributed by atoms with van der Waals surface area (Å²) in [5.74, 6) is -0.208. The third-order valence-electron chi connectivity index (χ3n) is 6.45. The summed E-state index contributed by atoms with van der Waals surface area (Å²) in [6, 6.07) is 18.8. The molecule has 0 N–H and O–H groups in total. The van der Waals surface area contributed by atoms with Crippen molar-refractivity contribution in [1.82, 2.24) is 19.5 Å². The molecule has 12 heteroatoms. The van der Waals surface area contributed by atoms with Crippen molar-refractivity contribution in [3.63, 3.8) is 0 Å². The van der Waals surface area contributed by atoms with E-state index in [2.05, 4.69) is 19.8 Å². The molecular formula is C29H21F3N6O2S. The number of rotatable bonds is 5. The molecule has 3 heterocycles. The molecule has 0 spiro atoms. The third-order valence-corrected chi connectivity index (χ3v) is 7.36. The second-order valence-corrected chi connectivity index (χ2v) is 10.2. The van der Waals surface area contributed by atoms with E-state index in [1.54, 1.807) is 17.0 Å². The SMILES string of the molecule is Cc1cccc(C)c1/N=C1\SCC(=O)N1/N=C/c1ccc2c(ccc3c2ncn3-c2ccc(OC(F)(F)F)cc2)n1. The maximum atomic E-state index is 12.5. The maximum absolute atomic E-state index is 12.5. The lowest BCUT2D eigenvalue weighted by Crippen LogP contribution is -2.24. The van der Waals surface area contributed by atoms with Crippen LogP contribution >= 0.6 is 11.8 Å². The minimum absolute atomic E-state index is 0.165. The van der Waals surface area contributed by atoms with Crippen LogP contribution in [0.4, 0.5) is 18.9 Å². The Kier molecular flexibility index (Phi) is 6.70. The molecule has 206 valence electrons. The number of benzene rings is 3. The second-order valence-electron chi connectivity index (χ2n) is 9.27. The summed E-state index contributed by atoms with van der Waals surface area (Å²) in [4.78, 5) is 26.5. The first kappa shape index (κ1) is 26.5. The third kappa shape index (κ3) is 5.38. The normalized spacial score (nSPS) is 15.2. The number of carbonyl (C=O) groups is 1. The molecule has 0 radical (unpaired) electrons. The van der Waals surface area contributed by atoms with Gasteiger partial charge in [0.2, 0.25) is 0 Å². The number of halogens is 3. The molecule has 5 aromatic rings. The minimum atomic E-state index is -4.75. The number of hydrogen-bond acceptors (Lipinski definition) is 7. The van der Waals surface area contributed by atoms with Crippen LogP contribution in [0.15, 0.2) is 83.2 Å². The van der Waals surface area contributed by atoms with E-state index in [4.69, 9.17) is 4.99 Å². The van der Waals surface area contributed by atoms with Gasteiger partial charge < -0.3 is 4.74 Å². The summed E-state index contributed by atoms with van der Waals surface area (Å²) < 4.78 is 43.2. The fraction of sp³-hybridized carbons (Fsp3) is 0.138. The number of ether oxygens (including phenoxy) is 1. The number of nitrogens with zero attached hydrogens (tertiary/aromatic N) is 6. The smallest absolute Gasteiger partial charge is 0.406 e. The second kappa shape index (κ2) is 10.4. The van der Waals surface area contributed by atoms with Crippen LogP contribution in [0.1, 0.15) is 16.8 Å². The average Bonchev–Trinajstić information content (AvgIpc) is 3.52. The molecule has 3 aromatic carbocycles. The van der Waals surface area contributed by atoms with Crippen molar-refractivity contribution in [2.45, 2.75) is 20.2 Å². The first-order valence-corrected chi connectivity index (χ1v) is 13.4. The predicted octanol–water partition coefficient (Wildman–Crippen LogP) is 6.69. The number of hydrazone groups is 1. The van der Waals surface area contributed by atoms with Gasteiger partial charge in [0.15, 0.2) is 5.17 Å². The van der Waals surface area contributed by atoms with Crippen molar-refractivity contribution < 1.29 is 22.7 Å². The standard InChI is InChI=1S/C29H21F3N6O2S/c1-17-4-3-5-18(2)26(17)36-28-38(25(39)15-41-28)34-14-19-6-11-22-23(35-19)12-13-24-27(22)33-16-37(24)20-7-9-21(10-8-20)40-29(30,31)32/h3-14,16H,15H2,1-2H3/b34-14+,36-28-. The van der Waals surface area contributed by atoms with Gasteiger partial charge in [-0.05, 0) is 73.5 Å². The highest BCUT2D eigenvalue weighted by Gasteiger charge is 2.31. The van der Waals surface area contributed by atoms with E-state index in [1.807, 2.05) is 50.2 Å². The van der Waals surface area contributed by atoms with Crippen LogP contribution in [0.2, 0.25) is 0 Å². The Balaban J connectivity index is 1.27. The van der Waals surface area contributed by atoms with Crippen LogP contribution in [0.5, 0.6) is 5.75 Å².